The van der Waals surface area contributed by atoms with Gasteiger partial charge in [-0.3, -0.25) is 43.2 Å². The summed E-state index contributed by atoms with van der Waals surface area (Å²) >= 11 is 0. The number of methoxy groups -OCH3 is 3. The van der Waals surface area contributed by atoms with Crippen LogP contribution in [0.15, 0.2) is 152 Å². The van der Waals surface area contributed by atoms with Crippen molar-refractivity contribution in [2.45, 2.75) is 139 Å². The van der Waals surface area contributed by atoms with Crippen LogP contribution >= 0.6 is 0 Å². The van der Waals surface area contributed by atoms with E-state index in [0.29, 0.717) is 101 Å². The molecule has 0 radical (unpaired) electrons. The third-order valence-electron chi connectivity index (χ3n) is 18.3. The Morgan fingerprint density at radius 2 is 0.696 bits per heavy atom. The van der Waals surface area contributed by atoms with E-state index in [0.717, 1.165) is 33.6 Å². The molecule has 6 aromatic rings. The molecule has 6 amide bonds. The zero-order valence-electron chi connectivity index (χ0n) is 66.4. The highest BCUT2D eigenvalue weighted by atomic mass is 19.4. The molecule has 115 heavy (non-hydrogen) atoms. The molecular weight excluding hydrogens is 1490 g/mol. The minimum atomic E-state index is -4.79. The van der Waals surface area contributed by atoms with Gasteiger partial charge in [0.05, 0.1) is 83.4 Å². The Morgan fingerprint density at radius 3 is 1.00 bits per heavy atom. The van der Waals surface area contributed by atoms with Crippen LogP contribution in [0.3, 0.4) is 0 Å². The van der Waals surface area contributed by atoms with E-state index in [1.54, 1.807) is 12.1 Å². The van der Waals surface area contributed by atoms with E-state index in [1.165, 1.54) is 60.3 Å². The van der Waals surface area contributed by atoms with Crippen molar-refractivity contribution in [1.82, 2.24) is 30.7 Å². The molecule has 0 aliphatic heterocycles. The number of hydrogen-bond donors (Lipinski definition) is 12. The second-order valence-electron chi connectivity index (χ2n) is 26.9. The summed E-state index contributed by atoms with van der Waals surface area (Å²) in [6, 6.07) is 39.2. The fourth-order valence-electron chi connectivity index (χ4n) is 12.1. The van der Waals surface area contributed by atoms with Gasteiger partial charge in [-0.2, -0.15) is 0 Å². The van der Waals surface area contributed by atoms with Gasteiger partial charge in [-0.05, 0) is 128 Å². The van der Waals surface area contributed by atoms with E-state index in [4.69, 9.17) is 70.6 Å². The first kappa shape index (κ1) is 96.9. The Bertz CT molecular complexity index is 3850. The summed E-state index contributed by atoms with van der Waals surface area (Å²) in [5.41, 5.74) is 56.9. The summed E-state index contributed by atoms with van der Waals surface area (Å²) in [5.74, 6) is -1.42. The van der Waals surface area contributed by atoms with Gasteiger partial charge in [-0.15, -0.1) is 13.2 Å². The van der Waals surface area contributed by atoms with Gasteiger partial charge >= 0.3 is 6.36 Å². The Balaban J connectivity index is 0.000000364. The molecule has 0 spiro atoms. The summed E-state index contributed by atoms with van der Waals surface area (Å²) in [7, 11) is 4.58. The zero-order valence-corrected chi connectivity index (χ0v) is 66.4. The summed E-state index contributed by atoms with van der Waals surface area (Å²) in [4.78, 5) is 121. The molecule has 0 saturated carbocycles. The van der Waals surface area contributed by atoms with Crippen LogP contribution in [-0.4, -0.2) is 217 Å². The van der Waals surface area contributed by atoms with Crippen LogP contribution in [0.1, 0.15) is 91.7 Å². The van der Waals surface area contributed by atoms with Crippen molar-refractivity contribution in [2.75, 3.05) is 106 Å². The molecule has 6 aromatic carbocycles. The van der Waals surface area contributed by atoms with Gasteiger partial charge < -0.3 is 106 Å². The molecule has 0 saturated heterocycles. The summed E-state index contributed by atoms with van der Waals surface area (Å²) in [5, 5.41) is 8.27. The summed E-state index contributed by atoms with van der Waals surface area (Å²) in [6.07, 6.45) is -1.66. The second kappa shape index (κ2) is 53.6. The van der Waals surface area contributed by atoms with Crippen molar-refractivity contribution >= 4 is 52.8 Å². The molecule has 630 valence electrons. The van der Waals surface area contributed by atoms with Gasteiger partial charge in [0.1, 0.15) is 11.5 Å². The van der Waals surface area contributed by atoms with Crippen LogP contribution in [0, 0.1) is 0 Å². The van der Waals surface area contributed by atoms with Crippen LogP contribution < -0.4 is 91.2 Å². The lowest BCUT2D eigenvalue weighted by molar-refractivity contribution is -0.274. The number of Topliss-reactive ketones (excluding diaryl/α,β-unsaturated/α-hetero) is 3. The molecule has 0 aliphatic carbocycles. The van der Waals surface area contributed by atoms with E-state index < -0.39 is 60.3 Å². The van der Waals surface area contributed by atoms with Crippen molar-refractivity contribution in [1.29, 1.82) is 0 Å². The maximum atomic E-state index is 13.4. The van der Waals surface area contributed by atoms with Crippen molar-refractivity contribution in [3.8, 4) is 28.7 Å². The number of ether oxygens (including phenoxy) is 5. The predicted octanol–water partition coefficient (Wildman–Crippen LogP) is 3.24. The number of benzene rings is 6. The Kier molecular flexibility index (Phi) is 45.2. The molecule has 0 bridgehead atoms. The summed E-state index contributed by atoms with van der Waals surface area (Å²) < 4.78 is 62.7. The first-order chi connectivity index (χ1) is 55.2. The van der Waals surface area contributed by atoms with Crippen molar-refractivity contribution in [2.24, 2.45) is 51.6 Å². The highest BCUT2D eigenvalue weighted by Gasteiger charge is 2.33. The second-order valence-corrected chi connectivity index (χ2v) is 26.9. The molecule has 0 aliphatic rings. The number of alkyl halides is 3. The number of hydrogen-bond acceptors (Lipinski definition) is 23. The van der Waals surface area contributed by atoms with Crippen LogP contribution in [0.25, 0.3) is 0 Å². The fraction of sp³-hybridized carbons (Fsp3) is 0.458. The van der Waals surface area contributed by atoms with Gasteiger partial charge in [0.15, 0.2) is 28.8 Å². The molecule has 0 aromatic heterocycles. The number of rotatable bonds is 50. The number of nitrogens with one attached hydrogen (secondary N) is 3. The van der Waals surface area contributed by atoms with E-state index in [-0.39, 0.29) is 138 Å². The number of halogens is 3. The van der Waals surface area contributed by atoms with Crippen LogP contribution in [0.2, 0.25) is 0 Å². The van der Waals surface area contributed by atoms with Crippen molar-refractivity contribution in [3.05, 3.63) is 185 Å². The van der Waals surface area contributed by atoms with E-state index in [1.807, 2.05) is 122 Å². The number of ketones is 3. The molecule has 0 fully saturated rings. The number of nitrogens with two attached hydrogens (primary N) is 9. The lowest BCUT2D eigenvalue weighted by atomic mass is 9.97. The smallest absolute Gasteiger partial charge is 0.494 e. The average molecular weight is 1610 g/mol. The van der Waals surface area contributed by atoms with Crippen molar-refractivity contribution in [3.63, 3.8) is 0 Å². The first-order valence-corrected chi connectivity index (χ1v) is 38.4. The third kappa shape index (κ3) is 36.7. The lowest BCUT2D eigenvalue weighted by Gasteiger charge is -2.24. The van der Waals surface area contributed by atoms with E-state index in [2.05, 4.69) is 20.7 Å². The molecule has 29 nitrogen and oxygen atoms in total. The number of carbonyl (C=O) groups excluding carboxylic acids is 9. The predicted molar refractivity (Wildman–Crippen MR) is 434 cm³/mol. The monoisotopic (exact) mass is 1610 g/mol. The number of nitrogens with zero attached hydrogens (tertiary/aromatic N) is 3. The van der Waals surface area contributed by atoms with E-state index >= 15 is 0 Å². The quantitative estimate of drug-likeness (QED) is 0.0261. The van der Waals surface area contributed by atoms with Gasteiger partial charge in [0, 0.05) is 97.8 Å². The highest BCUT2D eigenvalue weighted by molar-refractivity contribution is 5.95. The fourth-order valence-corrected chi connectivity index (χ4v) is 12.1. The normalized spacial score (nSPS) is 12.5. The summed E-state index contributed by atoms with van der Waals surface area (Å²) in [6.45, 7) is 5.95. The van der Waals surface area contributed by atoms with E-state index in [9.17, 15) is 56.3 Å². The molecule has 32 heteroatoms. The number of carbonyl (C=O) groups is 9. The molecule has 6 atom stereocenters. The van der Waals surface area contributed by atoms with Crippen molar-refractivity contribution < 1.29 is 80.0 Å². The largest absolute Gasteiger partial charge is 0.573 e. The average Bonchev–Trinajstić information content (AvgIpc) is 0.813. The Labute approximate surface area is 671 Å². The zero-order chi connectivity index (χ0) is 84.7. The molecule has 21 N–H and O–H groups in total. The van der Waals surface area contributed by atoms with Crippen LogP contribution in [0.5, 0.6) is 28.7 Å². The first-order valence-electron chi connectivity index (χ1n) is 38.4. The number of amides is 6. The maximum Gasteiger partial charge on any atom is 0.573 e. The van der Waals surface area contributed by atoms with Crippen LogP contribution in [-0.2, 0) is 81.7 Å². The molecule has 0 unspecified atom stereocenters. The topological polar surface area (TPSA) is 480 Å². The third-order valence-corrected chi connectivity index (χ3v) is 18.3. The lowest BCUT2D eigenvalue weighted by Crippen LogP contribution is -2.51. The standard InChI is InChI=1S/C29H43N5O6.C27H36F3N5O4.C27H39N5O4/c1-38-25-17-21(18-26(39-2)28(25)40-3)10-12-24(35)23(11-9-20-7-5-4-6-8-20)33-29(37)22(32)19-27(36)34(15-13-30)16-14-31;28-27(29,30)39-21-10-6-20(7-11-21)9-13-24(36)23(12-8-19-4-2-1-3-5-19)34-26(38)22(33)18-25(37)35(16-14-31)17-15-32;1-2-36-22-11-8-21(9-12-22)18-25(33)24(13-10-20-6-4-3-5-7-20)31-27(35)23(30)19-26(34)32(16-14-28)17-15-29/h4-8,17-18,22-23H,9-16,19,30-32H2,1-3H3,(H,33,37);1-7,10-11,22-23H,8-9,12-18,31-33H2,(H,34,38);3-9,11-12,23-24H,2,10,13-19,28-30H2,1H3,(H,31,35)/t2*22-,23-;23-,24-/m000/s1. The maximum absolute atomic E-state index is 13.4. The van der Waals surface area contributed by atoms with Crippen LogP contribution in [0.4, 0.5) is 13.2 Å². The van der Waals surface area contributed by atoms with Gasteiger partial charge in [-0.1, -0.05) is 115 Å². The Hall–Kier alpha value is -10.4. The highest BCUT2D eigenvalue weighted by Crippen LogP contribution is 2.38. The van der Waals surface area contributed by atoms with Gasteiger partial charge in [0.25, 0.3) is 0 Å². The van der Waals surface area contributed by atoms with Gasteiger partial charge in [0.2, 0.25) is 41.2 Å². The SMILES string of the molecule is CCOc1ccc(CC(=O)[C@H](CCc2ccccc2)NC(=O)[C@@H](N)CC(=O)N(CCN)CCN)cc1.COc1cc(CCC(=O)[C@H](CCc2ccccc2)NC(=O)[C@@H](N)CC(=O)N(CCN)CCN)cc(OC)c1OC.NCCN(CCN)C(=O)C[C@H](N)C(=O)N[C@@H](CCc1ccccc1)C(=O)CCc1ccc(OC(F)(F)F)cc1. The molecule has 6 rings (SSSR count). The minimum absolute atomic E-state index is 0.0359. The molecular formula is C83H118F3N15O14. The molecule has 0 heterocycles. The Morgan fingerprint density at radius 1 is 0.391 bits per heavy atom. The van der Waals surface area contributed by atoms with Gasteiger partial charge in [-0.25, -0.2) is 0 Å². The number of aryl methyl sites for hydroxylation is 5. The minimum Gasteiger partial charge on any atom is -0.494 e.